The van der Waals surface area contributed by atoms with Crippen LogP contribution < -0.4 is 0 Å². The SMILES string of the molecule is O=C(C(F)F)C1(c2ccc(Br)cc2)CC1. The molecule has 80 valence electrons. The van der Waals surface area contributed by atoms with Gasteiger partial charge in [0.25, 0.3) is 6.43 Å². The maximum atomic E-state index is 12.4. The molecule has 1 aliphatic carbocycles. The second-order valence-corrected chi connectivity index (χ2v) is 4.67. The average molecular weight is 275 g/mol. The molecule has 0 unspecified atom stereocenters. The first-order valence-corrected chi connectivity index (χ1v) is 5.44. The van der Waals surface area contributed by atoms with Gasteiger partial charge < -0.3 is 0 Å². The molecule has 0 aliphatic heterocycles. The summed E-state index contributed by atoms with van der Waals surface area (Å²) in [6.45, 7) is 0. The van der Waals surface area contributed by atoms with E-state index in [1.807, 2.05) is 0 Å². The number of ketones is 1. The summed E-state index contributed by atoms with van der Waals surface area (Å²) >= 11 is 3.27. The van der Waals surface area contributed by atoms with Crippen molar-refractivity contribution in [2.24, 2.45) is 0 Å². The number of carbonyl (C=O) groups excluding carboxylic acids is 1. The van der Waals surface area contributed by atoms with E-state index < -0.39 is 17.6 Å². The first-order chi connectivity index (χ1) is 7.06. The van der Waals surface area contributed by atoms with E-state index in [-0.39, 0.29) is 0 Å². The average Bonchev–Trinajstić information content (AvgIpc) is 2.99. The molecule has 1 aromatic carbocycles. The molecule has 1 aromatic rings. The van der Waals surface area contributed by atoms with Crippen LogP contribution in [0.2, 0.25) is 0 Å². The van der Waals surface area contributed by atoms with E-state index in [9.17, 15) is 13.6 Å². The molecule has 1 fully saturated rings. The number of alkyl halides is 2. The first kappa shape index (κ1) is 10.7. The monoisotopic (exact) mass is 274 g/mol. The summed E-state index contributed by atoms with van der Waals surface area (Å²) in [4.78, 5) is 11.4. The van der Waals surface area contributed by atoms with E-state index in [2.05, 4.69) is 15.9 Å². The Kier molecular flexibility index (Phi) is 2.63. The van der Waals surface area contributed by atoms with Crippen molar-refractivity contribution in [2.45, 2.75) is 24.7 Å². The lowest BCUT2D eigenvalue weighted by Gasteiger charge is -2.13. The smallest absolute Gasteiger partial charge is 0.292 e. The molecule has 0 N–H and O–H groups in total. The van der Waals surface area contributed by atoms with Crippen molar-refractivity contribution in [3.8, 4) is 0 Å². The van der Waals surface area contributed by atoms with E-state index >= 15 is 0 Å². The molecule has 0 radical (unpaired) electrons. The molecule has 1 aliphatic rings. The molecule has 4 heteroatoms. The Labute approximate surface area is 94.6 Å². The van der Waals surface area contributed by atoms with Crippen LogP contribution in [-0.4, -0.2) is 12.2 Å². The van der Waals surface area contributed by atoms with Crippen molar-refractivity contribution in [3.63, 3.8) is 0 Å². The van der Waals surface area contributed by atoms with Gasteiger partial charge in [-0.25, -0.2) is 8.78 Å². The van der Waals surface area contributed by atoms with E-state index in [1.165, 1.54) is 0 Å². The predicted octanol–water partition coefficient (Wildman–Crippen LogP) is 3.31. The van der Waals surface area contributed by atoms with Crippen molar-refractivity contribution < 1.29 is 13.6 Å². The molecule has 2 rings (SSSR count). The van der Waals surface area contributed by atoms with E-state index in [4.69, 9.17) is 0 Å². The molecule has 0 amide bonds. The van der Waals surface area contributed by atoms with Gasteiger partial charge in [0.1, 0.15) is 0 Å². The Balaban J connectivity index is 2.30. The minimum absolute atomic E-state index is 0.539. The molecule has 0 aromatic heterocycles. The number of rotatable bonds is 3. The normalized spacial score (nSPS) is 17.9. The molecule has 0 spiro atoms. The standard InChI is InChI=1S/C11H9BrF2O/c12-8-3-1-7(2-4-8)11(5-6-11)9(15)10(13)14/h1-4,10H,5-6H2. The lowest BCUT2D eigenvalue weighted by atomic mass is 9.91. The fourth-order valence-corrected chi connectivity index (χ4v) is 2.04. The van der Waals surface area contributed by atoms with Gasteiger partial charge >= 0.3 is 0 Å². The van der Waals surface area contributed by atoms with Gasteiger partial charge in [-0.15, -0.1) is 0 Å². The van der Waals surface area contributed by atoms with Crippen LogP contribution in [0.25, 0.3) is 0 Å². The van der Waals surface area contributed by atoms with Gasteiger partial charge in [0.15, 0.2) is 0 Å². The van der Waals surface area contributed by atoms with E-state index in [1.54, 1.807) is 24.3 Å². The van der Waals surface area contributed by atoms with Crippen LogP contribution in [-0.2, 0) is 10.2 Å². The largest absolute Gasteiger partial charge is 0.296 e. The topological polar surface area (TPSA) is 17.1 Å². The molecular formula is C11H9BrF2O. The lowest BCUT2D eigenvalue weighted by molar-refractivity contribution is -0.132. The summed E-state index contributed by atoms with van der Waals surface area (Å²) in [5, 5.41) is 0. The maximum Gasteiger partial charge on any atom is 0.296 e. The Bertz CT molecular complexity index is 382. The Hall–Kier alpha value is -0.770. The highest BCUT2D eigenvalue weighted by atomic mass is 79.9. The summed E-state index contributed by atoms with van der Waals surface area (Å²) < 4.78 is 25.6. The minimum atomic E-state index is -2.86. The van der Waals surface area contributed by atoms with Crippen LogP contribution in [0.15, 0.2) is 28.7 Å². The van der Waals surface area contributed by atoms with Gasteiger partial charge in [0, 0.05) is 4.47 Å². The van der Waals surface area contributed by atoms with E-state index in [0.717, 1.165) is 4.47 Å². The molecule has 0 heterocycles. The van der Waals surface area contributed by atoms with Crippen molar-refractivity contribution in [3.05, 3.63) is 34.3 Å². The van der Waals surface area contributed by atoms with Crippen LogP contribution in [0.4, 0.5) is 8.78 Å². The molecule has 0 bridgehead atoms. The summed E-state index contributed by atoms with van der Waals surface area (Å²) in [5.74, 6) is -0.940. The Morgan fingerprint density at radius 2 is 1.80 bits per heavy atom. The van der Waals surface area contributed by atoms with Crippen molar-refractivity contribution in [2.75, 3.05) is 0 Å². The summed E-state index contributed by atoms with van der Waals surface area (Å²) in [5.41, 5.74) is -0.189. The predicted molar refractivity (Wildman–Crippen MR) is 56.1 cm³/mol. The molecular weight excluding hydrogens is 266 g/mol. The second-order valence-electron chi connectivity index (χ2n) is 3.75. The van der Waals surface area contributed by atoms with Crippen molar-refractivity contribution in [1.29, 1.82) is 0 Å². The zero-order valence-electron chi connectivity index (χ0n) is 7.84. The zero-order chi connectivity index (χ0) is 11.1. The van der Waals surface area contributed by atoms with Gasteiger partial charge in [0.05, 0.1) is 5.41 Å². The fourth-order valence-electron chi connectivity index (χ4n) is 1.78. The summed E-state index contributed by atoms with van der Waals surface area (Å²) in [6.07, 6.45) is -1.79. The van der Waals surface area contributed by atoms with Crippen LogP contribution >= 0.6 is 15.9 Å². The molecule has 0 atom stereocenters. The zero-order valence-corrected chi connectivity index (χ0v) is 9.43. The highest BCUT2D eigenvalue weighted by Crippen LogP contribution is 2.50. The molecule has 15 heavy (non-hydrogen) atoms. The molecule has 1 saturated carbocycles. The van der Waals surface area contributed by atoms with Crippen LogP contribution in [0, 0.1) is 0 Å². The van der Waals surface area contributed by atoms with Crippen LogP contribution in [0.5, 0.6) is 0 Å². The Morgan fingerprint density at radius 1 is 1.27 bits per heavy atom. The Morgan fingerprint density at radius 3 is 2.20 bits per heavy atom. The van der Waals surface area contributed by atoms with Gasteiger partial charge in [-0.3, -0.25) is 4.79 Å². The van der Waals surface area contributed by atoms with Crippen molar-refractivity contribution >= 4 is 21.7 Å². The number of hydrogen-bond donors (Lipinski definition) is 0. The maximum absolute atomic E-state index is 12.4. The third-order valence-corrected chi connectivity index (χ3v) is 3.35. The van der Waals surface area contributed by atoms with Crippen LogP contribution in [0.1, 0.15) is 18.4 Å². The highest BCUT2D eigenvalue weighted by molar-refractivity contribution is 9.10. The fraction of sp³-hybridized carbons (Fsp3) is 0.364. The van der Waals surface area contributed by atoms with Gasteiger partial charge in [0.2, 0.25) is 5.78 Å². The quantitative estimate of drug-likeness (QED) is 0.827. The van der Waals surface area contributed by atoms with Gasteiger partial charge in [-0.1, -0.05) is 28.1 Å². The number of carbonyl (C=O) groups is 1. The minimum Gasteiger partial charge on any atom is -0.292 e. The highest BCUT2D eigenvalue weighted by Gasteiger charge is 2.53. The third-order valence-electron chi connectivity index (χ3n) is 2.82. The molecule has 0 saturated heterocycles. The van der Waals surface area contributed by atoms with Crippen LogP contribution in [0.3, 0.4) is 0 Å². The molecule has 1 nitrogen and oxygen atoms in total. The summed E-state index contributed by atoms with van der Waals surface area (Å²) in [7, 11) is 0. The van der Waals surface area contributed by atoms with Crippen molar-refractivity contribution in [1.82, 2.24) is 0 Å². The third kappa shape index (κ3) is 1.83. The second kappa shape index (κ2) is 3.67. The number of hydrogen-bond acceptors (Lipinski definition) is 1. The number of halogens is 3. The van der Waals surface area contributed by atoms with Gasteiger partial charge in [-0.05, 0) is 30.5 Å². The van der Waals surface area contributed by atoms with Gasteiger partial charge in [-0.2, -0.15) is 0 Å². The van der Waals surface area contributed by atoms with E-state index in [0.29, 0.717) is 18.4 Å². The lowest BCUT2D eigenvalue weighted by Crippen LogP contribution is -2.26. The number of Topliss-reactive ketones (excluding diaryl/α,β-unsaturated/α-hetero) is 1. The first-order valence-electron chi connectivity index (χ1n) is 4.65. The number of benzene rings is 1. The summed E-state index contributed by atoms with van der Waals surface area (Å²) in [6, 6.07) is 7.01.